The van der Waals surface area contributed by atoms with Gasteiger partial charge in [-0.2, -0.15) is 9.69 Å². The maximum atomic E-state index is 13.3. The normalized spacial score (nSPS) is 13.1. The predicted molar refractivity (Wildman–Crippen MR) is 160 cm³/mol. The lowest BCUT2D eigenvalue weighted by Gasteiger charge is -2.12. The summed E-state index contributed by atoms with van der Waals surface area (Å²) in [4.78, 5) is 67.6. The number of carboxylic acid groups (broad SMARTS) is 2. The molecule has 0 spiro atoms. The molecule has 5 N–H and O–H groups in total. The number of fused-ring (bicyclic) bond motifs is 2. The summed E-state index contributed by atoms with van der Waals surface area (Å²) in [5.74, 6) is -3.10. The van der Waals surface area contributed by atoms with Gasteiger partial charge >= 0.3 is 11.9 Å². The average Bonchev–Trinajstić information content (AvgIpc) is 3.52. The highest BCUT2D eigenvalue weighted by Gasteiger charge is 2.29. The van der Waals surface area contributed by atoms with E-state index in [-0.39, 0.29) is 61.6 Å². The van der Waals surface area contributed by atoms with Crippen molar-refractivity contribution in [3.05, 3.63) is 119 Å². The molecule has 14 heteroatoms. The van der Waals surface area contributed by atoms with Crippen LogP contribution in [-0.2, 0) is 0 Å². The maximum Gasteiger partial charge on any atom is 0.335 e. The lowest BCUT2D eigenvalue weighted by atomic mass is 10.0. The van der Waals surface area contributed by atoms with Gasteiger partial charge in [-0.25, -0.2) is 9.59 Å². The van der Waals surface area contributed by atoms with E-state index in [4.69, 9.17) is 0 Å². The van der Waals surface area contributed by atoms with Crippen molar-refractivity contribution in [2.75, 3.05) is 5.01 Å². The number of nitrogens with one attached hydrogen (secondary N) is 2. The van der Waals surface area contributed by atoms with E-state index in [1.54, 1.807) is 13.8 Å². The van der Waals surface area contributed by atoms with Gasteiger partial charge in [-0.1, -0.05) is 18.2 Å². The quantitative estimate of drug-likeness (QED) is 0.190. The molecule has 0 saturated carbocycles. The van der Waals surface area contributed by atoms with Crippen molar-refractivity contribution in [1.29, 1.82) is 0 Å². The van der Waals surface area contributed by atoms with Gasteiger partial charge in [0.2, 0.25) is 0 Å². The van der Waals surface area contributed by atoms with E-state index in [1.165, 1.54) is 66.8 Å². The Morgan fingerprint density at radius 3 is 2.18 bits per heavy atom. The summed E-state index contributed by atoms with van der Waals surface area (Å²) in [7, 11) is 0. The van der Waals surface area contributed by atoms with Crippen molar-refractivity contribution >= 4 is 35.7 Å². The number of pyridine rings is 2. The van der Waals surface area contributed by atoms with E-state index in [9.17, 15) is 39.3 Å². The number of carboxylic acids is 2. The van der Waals surface area contributed by atoms with Crippen LogP contribution in [0.5, 0.6) is 5.88 Å². The van der Waals surface area contributed by atoms with E-state index in [0.29, 0.717) is 11.1 Å². The van der Waals surface area contributed by atoms with Crippen LogP contribution < -0.4 is 26.8 Å². The maximum absolute atomic E-state index is 13.3. The highest BCUT2D eigenvalue weighted by Crippen LogP contribution is 2.30. The first kappa shape index (κ1) is 28.5. The molecular formula is C31H22N6O8. The number of aromatic hydroxyl groups is 1. The Hall–Kier alpha value is -6.57. The fraction of sp³-hybridized carbons (Fsp3) is 0.0645. The SMILES string of the molecule is Cc1c(C=CC=c2c(C)c3c([nH]c2=O)=NN(c2cccc(C(=O)O)c2)C3=O)c(O)[nH]c2nn(-c3cccc(C(=O)O)c3)c(=O)c1-2. The third kappa shape index (κ3) is 4.75. The molecule has 3 aromatic rings. The number of nitrogens with zero attached hydrogens (tertiary/aromatic N) is 4. The van der Waals surface area contributed by atoms with Crippen molar-refractivity contribution < 1.29 is 29.7 Å². The van der Waals surface area contributed by atoms with Crippen LogP contribution in [0, 0.1) is 13.8 Å². The van der Waals surface area contributed by atoms with Gasteiger partial charge in [0.1, 0.15) is 0 Å². The molecule has 3 aliphatic heterocycles. The Morgan fingerprint density at radius 2 is 1.51 bits per heavy atom. The molecule has 45 heavy (non-hydrogen) atoms. The number of H-pyrrole nitrogens is 2. The molecule has 0 radical (unpaired) electrons. The molecule has 4 heterocycles. The van der Waals surface area contributed by atoms with Crippen LogP contribution in [0.4, 0.5) is 5.69 Å². The van der Waals surface area contributed by atoms with E-state index in [2.05, 4.69) is 20.2 Å². The molecule has 2 aromatic carbocycles. The van der Waals surface area contributed by atoms with Gasteiger partial charge in [-0.15, -0.1) is 10.2 Å². The van der Waals surface area contributed by atoms with Crippen LogP contribution in [-0.4, -0.2) is 52.9 Å². The first-order valence-corrected chi connectivity index (χ1v) is 13.3. The minimum Gasteiger partial charge on any atom is -0.494 e. The Kier molecular flexibility index (Phi) is 6.73. The minimum atomic E-state index is -1.17. The Labute approximate surface area is 251 Å². The predicted octanol–water partition coefficient (Wildman–Crippen LogP) is 1.76. The molecular weight excluding hydrogens is 584 g/mol. The highest BCUT2D eigenvalue weighted by atomic mass is 16.4. The standard InChI is InChI=1S/C31H22N6O8/c1-14-20(26(38)32-24-22(14)28(40)36(34-24)18-8-3-6-16(12-18)30(42)43)10-5-11-21-15(2)23-25(33-27(21)39)35-37(29(23)41)19-9-4-7-17(13-19)31(44)45/h3-13H,1-2H3,(H,42,43)(H,44,45)(H,32,34,38)(H2,33,35,39). The van der Waals surface area contributed by atoms with Crippen molar-refractivity contribution in [3.63, 3.8) is 0 Å². The number of aromatic carboxylic acids is 2. The van der Waals surface area contributed by atoms with Crippen LogP contribution in [0.2, 0.25) is 0 Å². The zero-order valence-corrected chi connectivity index (χ0v) is 23.5. The smallest absolute Gasteiger partial charge is 0.335 e. The number of aromatic nitrogens is 4. The highest BCUT2D eigenvalue weighted by molar-refractivity contribution is 6.08. The number of amides is 1. The minimum absolute atomic E-state index is 0.0264. The summed E-state index contributed by atoms with van der Waals surface area (Å²) in [6, 6.07) is 11.4. The summed E-state index contributed by atoms with van der Waals surface area (Å²) in [5.41, 5.74) is 0.600. The third-order valence-corrected chi connectivity index (χ3v) is 7.41. The zero-order valence-electron chi connectivity index (χ0n) is 23.5. The van der Waals surface area contributed by atoms with Crippen molar-refractivity contribution in [3.8, 4) is 23.0 Å². The topological polar surface area (TPSA) is 211 Å². The monoisotopic (exact) mass is 606 g/mol. The third-order valence-electron chi connectivity index (χ3n) is 7.41. The van der Waals surface area contributed by atoms with Gasteiger partial charge in [-0.05, 0) is 73.5 Å². The number of benzene rings is 2. The first-order chi connectivity index (χ1) is 21.5. The van der Waals surface area contributed by atoms with Crippen molar-refractivity contribution in [2.24, 2.45) is 5.10 Å². The number of rotatable bonds is 6. The van der Waals surface area contributed by atoms with Gasteiger partial charge in [0.15, 0.2) is 17.2 Å². The number of anilines is 1. The summed E-state index contributed by atoms with van der Waals surface area (Å²) >= 11 is 0. The average molecular weight is 607 g/mol. The number of carbonyl (C=O) groups is 3. The number of hydrogen-bond acceptors (Lipinski definition) is 8. The lowest BCUT2D eigenvalue weighted by Crippen LogP contribution is -2.38. The Balaban J connectivity index is 1.38. The largest absolute Gasteiger partial charge is 0.494 e. The van der Waals surface area contributed by atoms with Gasteiger partial charge in [0.25, 0.3) is 17.0 Å². The molecule has 224 valence electrons. The van der Waals surface area contributed by atoms with Crippen molar-refractivity contribution in [2.45, 2.75) is 13.8 Å². The van der Waals surface area contributed by atoms with E-state index in [1.807, 2.05) is 0 Å². The molecule has 0 unspecified atom stereocenters. The molecule has 14 nitrogen and oxygen atoms in total. The molecule has 6 rings (SSSR count). The molecule has 0 saturated heterocycles. The summed E-state index contributed by atoms with van der Waals surface area (Å²) < 4.78 is 1.04. The lowest BCUT2D eigenvalue weighted by molar-refractivity contribution is 0.0686. The number of aromatic amines is 2. The number of allylic oxidation sites excluding steroid dienone is 1. The second-order valence-corrected chi connectivity index (χ2v) is 10.1. The van der Waals surface area contributed by atoms with Gasteiger partial charge < -0.3 is 25.3 Å². The second-order valence-electron chi connectivity index (χ2n) is 10.1. The van der Waals surface area contributed by atoms with E-state index >= 15 is 0 Å². The molecule has 0 atom stereocenters. The zero-order chi connectivity index (χ0) is 32.2. The van der Waals surface area contributed by atoms with Crippen molar-refractivity contribution in [1.82, 2.24) is 19.7 Å². The van der Waals surface area contributed by atoms with Gasteiger partial charge in [-0.3, -0.25) is 14.4 Å². The van der Waals surface area contributed by atoms with Crippen LogP contribution >= 0.6 is 0 Å². The Morgan fingerprint density at radius 1 is 0.867 bits per heavy atom. The van der Waals surface area contributed by atoms with Crippen LogP contribution in [0.25, 0.3) is 29.2 Å². The molecule has 1 aromatic heterocycles. The molecule has 0 fully saturated rings. The fourth-order valence-electron chi connectivity index (χ4n) is 5.16. The second kappa shape index (κ2) is 10.6. The van der Waals surface area contributed by atoms with E-state index in [0.717, 1.165) is 9.69 Å². The summed E-state index contributed by atoms with van der Waals surface area (Å²) in [6.45, 7) is 3.19. The van der Waals surface area contributed by atoms with Gasteiger partial charge in [0, 0.05) is 10.8 Å². The van der Waals surface area contributed by atoms with Crippen LogP contribution in [0.3, 0.4) is 0 Å². The molecule has 3 aliphatic rings. The number of carbonyl (C=O) groups excluding carboxylic acids is 1. The van der Waals surface area contributed by atoms with Crippen LogP contribution in [0.15, 0.2) is 69.3 Å². The molecule has 0 bridgehead atoms. The van der Waals surface area contributed by atoms with E-state index < -0.39 is 29.0 Å². The Bertz CT molecular complexity index is 2350. The molecule has 0 aliphatic carbocycles. The van der Waals surface area contributed by atoms with Gasteiger partial charge in [0.05, 0.1) is 33.6 Å². The molecule has 1 amide bonds. The number of hydrogen-bond donors (Lipinski definition) is 5. The first-order valence-electron chi connectivity index (χ1n) is 13.3. The summed E-state index contributed by atoms with van der Waals surface area (Å²) in [6.07, 6.45) is 4.39. The van der Waals surface area contributed by atoms with Crippen LogP contribution in [0.1, 0.15) is 47.8 Å². The summed E-state index contributed by atoms with van der Waals surface area (Å²) in [5, 5.41) is 38.9. The fourth-order valence-corrected chi connectivity index (χ4v) is 5.16.